The second kappa shape index (κ2) is 5.83. The van der Waals surface area contributed by atoms with Gasteiger partial charge in [-0.1, -0.05) is 34.6 Å². The third kappa shape index (κ3) is 3.55. The van der Waals surface area contributed by atoms with Gasteiger partial charge in [-0.2, -0.15) is 0 Å². The predicted octanol–water partition coefficient (Wildman–Crippen LogP) is 1.80. The average molecular weight is 254 g/mol. The molecule has 1 N–H and O–H groups in total. The Balaban J connectivity index is 2.50. The number of carbonyl (C=O) groups excluding carboxylic acids is 2. The summed E-state index contributed by atoms with van der Waals surface area (Å²) < 4.78 is 0. The van der Waals surface area contributed by atoms with E-state index in [0.29, 0.717) is 18.9 Å². The van der Waals surface area contributed by atoms with Gasteiger partial charge in [-0.25, -0.2) is 0 Å². The van der Waals surface area contributed by atoms with Crippen LogP contribution < -0.4 is 5.32 Å². The van der Waals surface area contributed by atoms with Crippen molar-refractivity contribution in [3.8, 4) is 0 Å². The smallest absolute Gasteiger partial charge is 0.246 e. The van der Waals surface area contributed by atoms with Crippen LogP contribution in [0.3, 0.4) is 0 Å². The van der Waals surface area contributed by atoms with Crippen molar-refractivity contribution in [3.05, 3.63) is 0 Å². The Hall–Kier alpha value is -0.900. The van der Waals surface area contributed by atoms with E-state index in [4.69, 9.17) is 0 Å². The number of nitrogens with zero attached hydrogens (tertiary/aromatic N) is 1. The quantitative estimate of drug-likeness (QED) is 0.761. The number of likely N-dealkylation sites (tertiary alicyclic amines) is 1. The zero-order chi connectivity index (χ0) is 13.9. The molecule has 2 unspecified atom stereocenters. The van der Waals surface area contributed by atoms with Crippen molar-refractivity contribution in [2.45, 2.75) is 53.5 Å². The van der Waals surface area contributed by atoms with Crippen molar-refractivity contribution in [2.24, 2.45) is 11.3 Å². The van der Waals surface area contributed by atoms with Crippen LogP contribution in [-0.4, -0.2) is 35.8 Å². The topological polar surface area (TPSA) is 49.4 Å². The van der Waals surface area contributed by atoms with Crippen LogP contribution in [0, 0.1) is 11.3 Å². The largest absolute Gasteiger partial charge is 0.305 e. The first-order valence-electron chi connectivity index (χ1n) is 6.85. The number of amides is 2. The summed E-state index contributed by atoms with van der Waals surface area (Å²) in [7, 11) is 0. The molecule has 0 radical (unpaired) electrons. The van der Waals surface area contributed by atoms with E-state index in [1.165, 1.54) is 4.90 Å². The van der Waals surface area contributed by atoms with Gasteiger partial charge in [-0.05, 0) is 24.3 Å². The minimum Gasteiger partial charge on any atom is -0.305 e. The Morgan fingerprint density at radius 2 is 2.00 bits per heavy atom. The summed E-state index contributed by atoms with van der Waals surface area (Å²) in [4.78, 5) is 25.1. The molecule has 0 aliphatic carbocycles. The van der Waals surface area contributed by atoms with E-state index in [1.54, 1.807) is 0 Å². The lowest BCUT2D eigenvalue weighted by molar-refractivity contribution is -0.138. The molecule has 1 aliphatic heterocycles. The second-order valence-electron chi connectivity index (χ2n) is 6.32. The molecule has 104 valence electrons. The monoisotopic (exact) mass is 254 g/mol. The Morgan fingerprint density at radius 3 is 2.50 bits per heavy atom. The molecule has 0 aromatic rings. The molecule has 2 atom stereocenters. The summed E-state index contributed by atoms with van der Waals surface area (Å²) in [5.74, 6) is 0.367. The third-order valence-electron chi connectivity index (χ3n) is 3.84. The van der Waals surface area contributed by atoms with E-state index in [0.717, 1.165) is 13.0 Å². The molecule has 1 heterocycles. The highest BCUT2D eigenvalue weighted by atomic mass is 16.2. The van der Waals surface area contributed by atoms with Crippen molar-refractivity contribution in [1.82, 2.24) is 10.2 Å². The first-order chi connectivity index (χ1) is 8.27. The number of carbonyl (C=O) groups is 2. The average Bonchev–Trinajstić information content (AvgIpc) is 2.52. The minimum atomic E-state index is -0.311. The third-order valence-corrected chi connectivity index (χ3v) is 3.84. The van der Waals surface area contributed by atoms with E-state index in [9.17, 15) is 9.59 Å². The molecule has 2 amide bonds. The van der Waals surface area contributed by atoms with Gasteiger partial charge in [-0.15, -0.1) is 0 Å². The fourth-order valence-corrected chi connectivity index (χ4v) is 1.93. The van der Waals surface area contributed by atoms with Crippen molar-refractivity contribution < 1.29 is 9.59 Å². The Kier molecular flexibility index (Phi) is 4.91. The van der Waals surface area contributed by atoms with Gasteiger partial charge in [0.2, 0.25) is 11.8 Å². The lowest BCUT2D eigenvalue weighted by Crippen LogP contribution is -2.42. The van der Waals surface area contributed by atoms with Crippen molar-refractivity contribution in [2.75, 3.05) is 13.1 Å². The van der Waals surface area contributed by atoms with Crippen LogP contribution in [0.1, 0.15) is 47.5 Å². The highest BCUT2D eigenvalue weighted by Gasteiger charge is 2.38. The molecule has 1 fully saturated rings. The maximum Gasteiger partial charge on any atom is 0.246 e. The molecule has 4 heteroatoms. The Morgan fingerprint density at radius 1 is 1.39 bits per heavy atom. The van der Waals surface area contributed by atoms with Crippen LogP contribution in [0.25, 0.3) is 0 Å². The Labute approximate surface area is 110 Å². The van der Waals surface area contributed by atoms with Crippen LogP contribution in [0.4, 0.5) is 0 Å². The maximum absolute atomic E-state index is 12.0. The zero-order valence-corrected chi connectivity index (χ0v) is 12.2. The molecule has 18 heavy (non-hydrogen) atoms. The van der Waals surface area contributed by atoms with Crippen molar-refractivity contribution in [1.29, 1.82) is 0 Å². The Bertz CT molecular complexity index is 320. The molecule has 1 aliphatic rings. The minimum absolute atomic E-state index is 0.0391. The normalized spacial score (nSPS) is 22.7. The summed E-state index contributed by atoms with van der Waals surface area (Å²) >= 11 is 0. The van der Waals surface area contributed by atoms with E-state index in [2.05, 4.69) is 33.0 Å². The highest BCUT2D eigenvalue weighted by molar-refractivity contribution is 6.05. The fourth-order valence-electron chi connectivity index (χ4n) is 1.93. The summed E-state index contributed by atoms with van der Waals surface area (Å²) in [5.41, 5.74) is 0.210. The molecule has 0 aromatic heterocycles. The van der Waals surface area contributed by atoms with Gasteiger partial charge in [0.15, 0.2) is 0 Å². The maximum atomic E-state index is 12.0. The summed E-state index contributed by atoms with van der Waals surface area (Å²) in [5, 5.41) is 3.24. The van der Waals surface area contributed by atoms with Crippen LogP contribution in [0.5, 0.6) is 0 Å². The molecular formula is C14H26N2O2. The summed E-state index contributed by atoms with van der Waals surface area (Å²) in [6.07, 6.45) is 1.14. The van der Waals surface area contributed by atoms with Gasteiger partial charge in [-0.3, -0.25) is 14.5 Å². The standard InChI is InChI=1S/C14H26N2O2/c1-6-7-16-12(17)8-11(13(16)18)15-9-10(2)14(3,4)5/h10-11,15H,6-9H2,1-5H3. The number of hydrogen-bond acceptors (Lipinski definition) is 3. The second-order valence-corrected chi connectivity index (χ2v) is 6.32. The van der Waals surface area contributed by atoms with Gasteiger partial charge in [0.25, 0.3) is 0 Å². The first kappa shape index (κ1) is 15.2. The van der Waals surface area contributed by atoms with Crippen molar-refractivity contribution >= 4 is 11.8 Å². The van der Waals surface area contributed by atoms with Crippen LogP contribution in [0.2, 0.25) is 0 Å². The fraction of sp³-hybridized carbons (Fsp3) is 0.857. The van der Waals surface area contributed by atoms with E-state index >= 15 is 0 Å². The lowest BCUT2D eigenvalue weighted by atomic mass is 9.82. The van der Waals surface area contributed by atoms with Gasteiger partial charge in [0.1, 0.15) is 0 Å². The highest BCUT2D eigenvalue weighted by Crippen LogP contribution is 2.25. The molecular weight excluding hydrogens is 228 g/mol. The number of rotatable bonds is 5. The van der Waals surface area contributed by atoms with E-state index in [-0.39, 0.29) is 23.3 Å². The molecule has 0 spiro atoms. The van der Waals surface area contributed by atoms with Crippen LogP contribution in [0.15, 0.2) is 0 Å². The van der Waals surface area contributed by atoms with Gasteiger partial charge in [0.05, 0.1) is 12.5 Å². The van der Waals surface area contributed by atoms with E-state index < -0.39 is 0 Å². The van der Waals surface area contributed by atoms with Crippen LogP contribution >= 0.6 is 0 Å². The first-order valence-corrected chi connectivity index (χ1v) is 6.85. The molecule has 0 saturated carbocycles. The van der Waals surface area contributed by atoms with Crippen LogP contribution in [-0.2, 0) is 9.59 Å². The van der Waals surface area contributed by atoms with Gasteiger partial charge >= 0.3 is 0 Å². The number of imide groups is 1. The number of nitrogens with one attached hydrogen (secondary N) is 1. The zero-order valence-electron chi connectivity index (χ0n) is 12.2. The molecule has 1 rings (SSSR count). The number of hydrogen-bond donors (Lipinski definition) is 1. The van der Waals surface area contributed by atoms with E-state index in [1.807, 2.05) is 6.92 Å². The molecule has 1 saturated heterocycles. The SMILES string of the molecule is CCCN1C(=O)CC(NCC(C)C(C)(C)C)C1=O. The van der Waals surface area contributed by atoms with Gasteiger partial charge < -0.3 is 5.32 Å². The summed E-state index contributed by atoms with van der Waals surface area (Å²) in [6, 6.07) is -0.311. The summed E-state index contributed by atoms with van der Waals surface area (Å²) in [6.45, 7) is 12.0. The molecule has 0 bridgehead atoms. The molecule has 0 aromatic carbocycles. The predicted molar refractivity (Wildman–Crippen MR) is 72.0 cm³/mol. The van der Waals surface area contributed by atoms with Gasteiger partial charge in [0, 0.05) is 6.54 Å². The van der Waals surface area contributed by atoms with Crippen molar-refractivity contribution in [3.63, 3.8) is 0 Å². The lowest BCUT2D eigenvalue weighted by Gasteiger charge is -2.28. The molecule has 4 nitrogen and oxygen atoms in total.